The number of aliphatic hydroxyl groups excluding tert-OH is 2. The van der Waals surface area contributed by atoms with Gasteiger partial charge in [-0.3, -0.25) is 0 Å². The maximum atomic E-state index is 11.8. The van der Waals surface area contributed by atoms with Gasteiger partial charge in [-0.25, -0.2) is 4.79 Å². The third-order valence-electron chi connectivity index (χ3n) is 5.16. The summed E-state index contributed by atoms with van der Waals surface area (Å²) in [7, 11) is 0. The molecule has 20 heavy (non-hydrogen) atoms. The van der Waals surface area contributed by atoms with Crippen LogP contribution in [0.25, 0.3) is 0 Å². The van der Waals surface area contributed by atoms with Crippen molar-refractivity contribution in [2.24, 2.45) is 11.8 Å². The van der Waals surface area contributed by atoms with Crippen LogP contribution < -0.4 is 0 Å². The van der Waals surface area contributed by atoms with Crippen molar-refractivity contribution >= 4 is 5.97 Å². The summed E-state index contributed by atoms with van der Waals surface area (Å²) in [6.45, 7) is 7.18. The van der Waals surface area contributed by atoms with Crippen LogP contribution in [0.4, 0.5) is 0 Å². The Morgan fingerprint density at radius 3 is 2.65 bits per heavy atom. The molecular formula is C15H20O5. The van der Waals surface area contributed by atoms with Gasteiger partial charge in [0, 0.05) is 11.5 Å². The summed E-state index contributed by atoms with van der Waals surface area (Å²) in [5.41, 5.74) is 0.747. The Morgan fingerprint density at radius 2 is 2.00 bits per heavy atom. The molecule has 1 saturated carbocycles. The van der Waals surface area contributed by atoms with Crippen LogP contribution in [0.5, 0.6) is 0 Å². The molecule has 110 valence electrons. The molecule has 0 aromatic heterocycles. The van der Waals surface area contributed by atoms with Gasteiger partial charge in [-0.2, -0.15) is 0 Å². The number of ether oxygens (including phenoxy) is 1. The average Bonchev–Trinajstić information content (AvgIpc) is 2.71. The molecular weight excluding hydrogens is 260 g/mol. The summed E-state index contributed by atoms with van der Waals surface area (Å²) in [5, 5.41) is 31.1. The van der Waals surface area contributed by atoms with Gasteiger partial charge < -0.3 is 20.1 Å². The number of rotatable bonds is 0. The Morgan fingerprint density at radius 1 is 1.35 bits per heavy atom. The fraction of sp³-hybridized carbons (Fsp3) is 0.667. The molecule has 0 amide bonds. The Hall–Kier alpha value is -1.17. The minimum Gasteiger partial charge on any atom is -0.457 e. The number of esters is 1. The highest BCUT2D eigenvalue weighted by atomic mass is 16.6. The zero-order chi connectivity index (χ0) is 14.8. The number of carbonyl (C=O) groups is 1. The third kappa shape index (κ3) is 1.63. The lowest BCUT2D eigenvalue weighted by Crippen LogP contribution is -2.47. The number of aliphatic hydroxyl groups is 3. The van der Waals surface area contributed by atoms with Gasteiger partial charge in [-0.05, 0) is 26.7 Å². The minimum absolute atomic E-state index is 0.258. The van der Waals surface area contributed by atoms with Crippen molar-refractivity contribution in [3.05, 3.63) is 23.3 Å². The van der Waals surface area contributed by atoms with Crippen molar-refractivity contribution in [3.63, 3.8) is 0 Å². The van der Waals surface area contributed by atoms with E-state index < -0.39 is 41.7 Å². The Balaban J connectivity index is 2.13. The Labute approximate surface area is 117 Å². The summed E-state index contributed by atoms with van der Waals surface area (Å²) in [5.74, 6) is -1.52. The van der Waals surface area contributed by atoms with E-state index in [2.05, 4.69) is 6.58 Å². The van der Waals surface area contributed by atoms with Gasteiger partial charge in [0.05, 0.1) is 23.7 Å². The van der Waals surface area contributed by atoms with Crippen LogP contribution in [-0.2, 0) is 9.53 Å². The number of hydrogen-bond donors (Lipinski definition) is 3. The Bertz CT molecular complexity index is 518. The molecule has 1 heterocycles. The number of carbonyl (C=O) groups excluding carboxylic acids is 1. The van der Waals surface area contributed by atoms with Gasteiger partial charge in [0.1, 0.15) is 6.10 Å². The number of fused-ring (bicyclic) bond motifs is 3. The molecule has 0 aromatic rings. The van der Waals surface area contributed by atoms with Crippen molar-refractivity contribution in [2.75, 3.05) is 0 Å². The van der Waals surface area contributed by atoms with E-state index in [-0.39, 0.29) is 5.57 Å². The van der Waals surface area contributed by atoms with E-state index in [1.165, 1.54) is 0 Å². The lowest BCUT2D eigenvalue weighted by Gasteiger charge is -2.34. The summed E-state index contributed by atoms with van der Waals surface area (Å²) in [6, 6.07) is 0. The first-order valence-electron chi connectivity index (χ1n) is 6.92. The zero-order valence-corrected chi connectivity index (χ0v) is 11.7. The summed E-state index contributed by atoms with van der Waals surface area (Å²) in [6.07, 6.45) is -1.52. The molecule has 0 radical (unpaired) electrons. The fourth-order valence-electron chi connectivity index (χ4n) is 3.98. The predicted molar refractivity (Wildman–Crippen MR) is 70.6 cm³/mol. The molecule has 5 nitrogen and oxygen atoms in total. The van der Waals surface area contributed by atoms with Crippen LogP contribution in [0.1, 0.15) is 26.7 Å². The van der Waals surface area contributed by atoms with E-state index in [0.717, 1.165) is 11.1 Å². The SMILES string of the molecule is C=C1C(=O)O[C@H]2[C@H]1[C@@H](O)CC(C)=C1C[C@H](O)[C@@](C)(O)[C@@H]12. The lowest BCUT2D eigenvalue weighted by molar-refractivity contribution is -0.148. The molecule has 1 saturated heterocycles. The van der Waals surface area contributed by atoms with E-state index in [4.69, 9.17) is 4.74 Å². The van der Waals surface area contributed by atoms with Crippen molar-refractivity contribution < 1.29 is 24.9 Å². The van der Waals surface area contributed by atoms with Crippen LogP contribution in [0.2, 0.25) is 0 Å². The zero-order valence-electron chi connectivity index (χ0n) is 11.7. The topological polar surface area (TPSA) is 87.0 Å². The molecule has 3 rings (SSSR count). The maximum absolute atomic E-state index is 11.8. The second-order valence-corrected chi connectivity index (χ2v) is 6.42. The molecule has 3 N–H and O–H groups in total. The van der Waals surface area contributed by atoms with Gasteiger partial charge in [-0.15, -0.1) is 0 Å². The maximum Gasteiger partial charge on any atom is 0.334 e. The minimum atomic E-state index is -1.37. The van der Waals surface area contributed by atoms with Crippen LogP contribution in [0.3, 0.4) is 0 Å². The first-order chi connectivity index (χ1) is 9.25. The first kappa shape index (κ1) is 13.8. The largest absolute Gasteiger partial charge is 0.457 e. The van der Waals surface area contributed by atoms with Crippen LogP contribution >= 0.6 is 0 Å². The molecule has 0 spiro atoms. The quantitative estimate of drug-likeness (QED) is 0.337. The molecule has 5 heteroatoms. The fourth-order valence-corrected chi connectivity index (χ4v) is 3.98. The van der Waals surface area contributed by atoms with Crippen molar-refractivity contribution in [3.8, 4) is 0 Å². The van der Waals surface area contributed by atoms with Gasteiger partial charge in [0.25, 0.3) is 0 Å². The lowest BCUT2D eigenvalue weighted by atomic mass is 9.78. The van der Waals surface area contributed by atoms with E-state index in [0.29, 0.717) is 12.8 Å². The standard InChI is InChI=1S/C15H20O5/c1-6-4-9(16)11-7(2)14(18)20-13(11)12-8(6)5-10(17)15(12,3)19/h9-13,16-17,19H,2,4-5H2,1,3H3/t9-,10-,11+,12-,13-,15+/m0/s1. The van der Waals surface area contributed by atoms with Crippen LogP contribution in [0, 0.1) is 11.8 Å². The highest BCUT2D eigenvalue weighted by Gasteiger charge is 2.59. The summed E-state index contributed by atoms with van der Waals surface area (Å²) in [4.78, 5) is 11.8. The first-order valence-corrected chi connectivity index (χ1v) is 6.92. The van der Waals surface area contributed by atoms with Crippen molar-refractivity contribution in [1.82, 2.24) is 0 Å². The smallest absolute Gasteiger partial charge is 0.334 e. The second-order valence-electron chi connectivity index (χ2n) is 6.42. The monoisotopic (exact) mass is 280 g/mol. The van der Waals surface area contributed by atoms with E-state index >= 15 is 0 Å². The van der Waals surface area contributed by atoms with Gasteiger partial charge in [0.2, 0.25) is 0 Å². The molecule has 0 bridgehead atoms. The summed E-state index contributed by atoms with van der Waals surface area (Å²) >= 11 is 0. The molecule has 2 fully saturated rings. The van der Waals surface area contributed by atoms with E-state index in [9.17, 15) is 20.1 Å². The van der Waals surface area contributed by atoms with Crippen LogP contribution in [0.15, 0.2) is 23.3 Å². The van der Waals surface area contributed by atoms with E-state index in [1.54, 1.807) is 6.92 Å². The normalized spacial score (nSPS) is 48.0. The molecule has 6 atom stereocenters. The molecule has 0 aromatic carbocycles. The Kier molecular flexibility index (Phi) is 2.87. The molecule has 1 aliphatic heterocycles. The average molecular weight is 280 g/mol. The van der Waals surface area contributed by atoms with Crippen molar-refractivity contribution in [1.29, 1.82) is 0 Å². The van der Waals surface area contributed by atoms with E-state index in [1.807, 2.05) is 6.92 Å². The number of hydrogen-bond acceptors (Lipinski definition) is 5. The third-order valence-corrected chi connectivity index (χ3v) is 5.16. The predicted octanol–water partition coefficient (Wildman–Crippen LogP) is 0.297. The van der Waals surface area contributed by atoms with Gasteiger partial charge in [-0.1, -0.05) is 17.7 Å². The molecule has 0 unspecified atom stereocenters. The second kappa shape index (κ2) is 4.16. The van der Waals surface area contributed by atoms with Gasteiger partial charge in [0.15, 0.2) is 0 Å². The highest BCUT2D eigenvalue weighted by molar-refractivity contribution is 5.91. The summed E-state index contributed by atoms with van der Waals surface area (Å²) < 4.78 is 5.37. The van der Waals surface area contributed by atoms with Crippen molar-refractivity contribution in [2.45, 2.75) is 50.6 Å². The van der Waals surface area contributed by atoms with Gasteiger partial charge >= 0.3 is 5.97 Å². The van der Waals surface area contributed by atoms with Crippen LogP contribution in [-0.4, -0.2) is 45.2 Å². The highest BCUT2D eigenvalue weighted by Crippen LogP contribution is 2.52. The molecule has 3 aliphatic rings. The molecule has 2 aliphatic carbocycles.